The van der Waals surface area contributed by atoms with Crippen molar-refractivity contribution >= 4 is 51.2 Å². The van der Waals surface area contributed by atoms with E-state index in [1.807, 2.05) is 54.6 Å². The molecular formula is C42H34BrN3O4. The maximum Gasteiger partial charge on any atom is 0.335 e. The van der Waals surface area contributed by atoms with E-state index in [-0.39, 0.29) is 17.4 Å². The lowest BCUT2D eigenvalue weighted by molar-refractivity contribution is -0.122. The van der Waals surface area contributed by atoms with Crippen LogP contribution in [0.5, 0.6) is 5.75 Å². The minimum atomic E-state index is -0.758. The van der Waals surface area contributed by atoms with Crippen molar-refractivity contribution in [1.82, 2.24) is 5.32 Å². The molecule has 0 radical (unpaired) electrons. The number of anilines is 2. The van der Waals surface area contributed by atoms with Gasteiger partial charge in [-0.25, -0.2) is 9.69 Å². The largest absolute Gasteiger partial charge is 0.488 e. The number of carbonyl (C=O) groups is 3. The maximum absolute atomic E-state index is 14.2. The summed E-state index contributed by atoms with van der Waals surface area (Å²) in [4.78, 5) is 44.6. The van der Waals surface area contributed by atoms with Crippen LogP contribution in [-0.2, 0) is 16.2 Å². The van der Waals surface area contributed by atoms with Gasteiger partial charge in [0.1, 0.15) is 17.9 Å². The third-order valence-electron chi connectivity index (χ3n) is 9.86. The van der Waals surface area contributed by atoms with E-state index in [4.69, 9.17) is 4.74 Å². The summed E-state index contributed by atoms with van der Waals surface area (Å²) in [5.74, 6) is -0.579. The number of amides is 4. The highest BCUT2D eigenvalue weighted by Gasteiger charge is 2.40. The van der Waals surface area contributed by atoms with Crippen LogP contribution in [0.25, 0.3) is 6.08 Å². The highest BCUT2D eigenvalue weighted by atomic mass is 79.9. The van der Waals surface area contributed by atoms with Crippen LogP contribution in [0.3, 0.4) is 0 Å². The molecule has 50 heavy (non-hydrogen) atoms. The molecule has 8 heteroatoms. The fourth-order valence-corrected chi connectivity index (χ4v) is 8.00. The van der Waals surface area contributed by atoms with Crippen LogP contribution in [0.1, 0.15) is 58.1 Å². The maximum atomic E-state index is 14.2. The smallest absolute Gasteiger partial charge is 0.335 e. The predicted molar refractivity (Wildman–Crippen MR) is 198 cm³/mol. The number of barbiturate groups is 1. The second-order valence-electron chi connectivity index (χ2n) is 12.9. The molecule has 0 saturated carbocycles. The number of rotatable bonds is 7. The number of urea groups is 1. The summed E-state index contributed by atoms with van der Waals surface area (Å²) in [5.41, 5.74) is 7.74. The Morgan fingerprint density at radius 1 is 0.740 bits per heavy atom. The van der Waals surface area contributed by atoms with Gasteiger partial charge in [0.15, 0.2) is 0 Å². The van der Waals surface area contributed by atoms with Gasteiger partial charge in [0, 0.05) is 30.6 Å². The highest BCUT2D eigenvalue weighted by Crippen LogP contribution is 2.50. The van der Waals surface area contributed by atoms with E-state index in [0.717, 1.165) is 47.5 Å². The molecule has 0 spiro atoms. The number of carbonyl (C=O) groups excluding carboxylic acids is 3. The van der Waals surface area contributed by atoms with E-state index in [1.54, 1.807) is 18.2 Å². The van der Waals surface area contributed by atoms with Crippen molar-refractivity contribution in [1.29, 1.82) is 0 Å². The molecule has 4 amide bonds. The van der Waals surface area contributed by atoms with E-state index in [2.05, 4.69) is 74.7 Å². The minimum absolute atomic E-state index is 0.0928. The Morgan fingerprint density at radius 3 is 1.90 bits per heavy atom. The Hall–Kier alpha value is -5.47. The highest BCUT2D eigenvalue weighted by molar-refractivity contribution is 9.10. The molecule has 0 unspecified atom stereocenters. The van der Waals surface area contributed by atoms with Crippen molar-refractivity contribution in [2.45, 2.75) is 31.3 Å². The van der Waals surface area contributed by atoms with Crippen molar-refractivity contribution < 1.29 is 19.1 Å². The molecule has 5 aromatic carbocycles. The molecule has 8 rings (SSSR count). The van der Waals surface area contributed by atoms with Crippen LogP contribution in [0.2, 0.25) is 0 Å². The first-order valence-electron chi connectivity index (χ1n) is 16.8. The Morgan fingerprint density at radius 2 is 1.32 bits per heavy atom. The number of halogens is 1. The van der Waals surface area contributed by atoms with Gasteiger partial charge in [-0.15, -0.1) is 0 Å². The summed E-state index contributed by atoms with van der Waals surface area (Å²) in [6, 6.07) is 39.2. The van der Waals surface area contributed by atoms with Gasteiger partial charge in [-0.3, -0.25) is 14.9 Å². The minimum Gasteiger partial charge on any atom is -0.488 e. The molecule has 7 nitrogen and oxygen atoms in total. The Kier molecular flexibility index (Phi) is 8.54. The summed E-state index contributed by atoms with van der Waals surface area (Å²) in [6.45, 7) is 2.25. The molecule has 3 aliphatic heterocycles. The number of hydrogen-bond acceptors (Lipinski definition) is 5. The van der Waals surface area contributed by atoms with E-state index in [9.17, 15) is 14.4 Å². The van der Waals surface area contributed by atoms with Crippen LogP contribution in [0.15, 0.2) is 131 Å². The van der Waals surface area contributed by atoms with Crippen molar-refractivity contribution in [3.05, 3.63) is 165 Å². The molecule has 1 saturated heterocycles. The van der Waals surface area contributed by atoms with Crippen molar-refractivity contribution in [2.24, 2.45) is 0 Å². The fourth-order valence-electron chi connectivity index (χ4n) is 7.49. The van der Waals surface area contributed by atoms with Crippen molar-refractivity contribution in [3.8, 4) is 5.75 Å². The second-order valence-corrected chi connectivity index (χ2v) is 13.7. The molecule has 0 aliphatic carbocycles. The zero-order valence-electron chi connectivity index (χ0n) is 27.2. The number of hydrogen-bond donors (Lipinski definition) is 1. The molecule has 0 bridgehead atoms. The molecule has 248 valence electrons. The zero-order chi connectivity index (χ0) is 34.2. The zero-order valence-corrected chi connectivity index (χ0v) is 28.8. The third-order valence-corrected chi connectivity index (χ3v) is 10.5. The second kappa shape index (κ2) is 13.4. The van der Waals surface area contributed by atoms with Gasteiger partial charge in [0.2, 0.25) is 0 Å². The summed E-state index contributed by atoms with van der Waals surface area (Å²) in [6.07, 6.45) is 3.35. The average molecular weight is 725 g/mol. The molecular weight excluding hydrogens is 690 g/mol. The average Bonchev–Trinajstić information content (AvgIpc) is 3.14. The first-order valence-corrected chi connectivity index (χ1v) is 17.6. The fraction of sp³-hybridized carbons (Fsp3) is 0.167. The van der Waals surface area contributed by atoms with Gasteiger partial charge in [0.25, 0.3) is 11.8 Å². The molecule has 5 aromatic rings. The van der Waals surface area contributed by atoms with E-state index in [1.165, 1.54) is 22.9 Å². The summed E-state index contributed by atoms with van der Waals surface area (Å²) in [5, 5.41) is 2.43. The Labute approximate surface area is 299 Å². The predicted octanol–water partition coefficient (Wildman–Crippen LogP) is 8.57. The van der Waals surface area contributed by atoms with Crippen LogP contribution in [-0.4, -0.2) is 30.9 Å². The Balaban J connectivity index is 1.17. The summed E-state index contributed by atoms with van der Waals surface area (Å²) < 4.78 is 6.67. The van der Waals surface area contributed by atoms with Crippen LogP contribution in [0, 0.1) is 0 Å². The normalized spacial score (nSPS) is 19.3. The monoisotopic (exact) mass is 723 g/mol. The first-order chi connectivity index (χ1) is 24.4. The van der Waals surface area contributed by atoms with E-state index >= 15 is 0 Å². The number of nitrogens with one attached hydrogen (secondary N) is 1. The first kappa shape index (κ1) is 31.8. The lowest BCUT2D eigenvalue weighted by Gasteiger charge is -2.44. The van der Waals surface area contributed by atoms with E-state index in [0.29, 0.717) is 28.1 Å². The molecule has 3 aliphatic rings. The van der Waals surface area contributed by atoms with Gasteiger partial charge >= 0.3 is 6.03 Å². The standard InChI is InChI=1S/C42H34BrN3O4/c43-37-23-28(16-17-38(37)50-26-27-10-4-1-5-11-27)22-36-40(47)44-42(49)46(41(36)48)31-24-34-32(29-12-6-2-7-13-29)18-20-45-21-19-33(35(25-31)39(34)45)30-14-8-3-9-15-30/h1-17,22-25,32-33H,18-21,26H2,(H,44,47,49)/b36-22+/t32-,33-/m0/s1. The number of nitrogens with zero attached hydrogens (tertiary/aromatic N) is 2. The van der Waals surface area contributed by atoms with Gasteiger partial charge in [0.05, 0.1) is 10.2 Å². The molecule has 0 aromatic heterocycles. The van der Waals surface area contributed by atoms with E-state index < -0.39 is 17.8 Å². The van der Waals surface area contributed by atoms with Crippen molar-refractivity contribution in [2.75, 3.05) is 22.9 Å². The number of imide groups is 2. The topological polar surface area (TPSA) is 79.0 Å². The molecule has 2 atom stereocenters. The quantitative estimate of drug-likeness (QED) is 0.135. The SMILES string of the molecule is O=C1NC(=O)N(c2cc3c4c(c2)[C@H](c2ccccc2)CCN4CC[C@H]3c2ccccc2)C(=O)/C1=C/c1ccc(OCc2ccccc2)c(Br)c1. The van der Waals surface area contributed by atoms with Crippen molar-refractivity contribution in [3.63, 3.8) is 0 Å². The number of ether oxygens (including phenoxy) is 1. The van der Waals surface area contributed by atoms with Gasteiger partial charge in [-0.05, 0) is 92.5 Å². The van der Waals surface area contributed by atoms with Gasteiger partial charge < -0.3 is 9.64 Å². The third kappa shape index (κ3) is 6.00. The van der Waals surface area contributed by atoms with Crippen LogP contribution < -0.4 is 19.9 Å². The van der Waals surface area contributed by atoms with Gasteiger partial charge in [-0.2, -0.15) is 0 Å². The molecule has 1 N–H and O–H groups in total. The summed E-state index contributed by atoms with van der Waals surface area (Å²) >= 11 is 3.58. The molecule has 3 heterocycles. The summed E-state index contributed by atoms with van der Waals surface area (Å²) in [7, 11) is 0. The number of benzene rings is 5. The Bertz CT molecular complexity index is 2060. The lowest BCUT2D eigenvalue weighted by Crippen LogP contribution is -2.54. The van der Waals surface area contributed by atoms with Crippen LogP contribution >= 0.6 is 15.9 Å². The van der Waals surface area contributed by atoms with Crippen LogP contribution in [0.4, 0.5) is 16.2 Å². The molecule has 1 fully saturated rings. The van der Waals surface area contributed by atoms with Gasteiger partial charge in [-0.1, -0.05) is 97.1 Å². The lowest BCUT2D eigenvalue weighted by atomic mass is 9.76.